The second-order valence-corrected chi connectivity index (χ2v) is 4.91. The normalized spacial score (nSPS) is 17.4. The molecule has 1 aliphatic rings. The maximum atomic E-state index is 12.2. The molecule has 0 spiro atoms. The number of hydrogen-bond donors (Lipinski definition) is 1. The number of likely N-dealkylation sites (N-methyl/N-ethyl adjacent to an activating group) is 1. The Hall–Kier alpha value is -1.26. The predicted molar refractivity (Wildman–Crippen MR) is 82.6 cm³/mol. The van der Waals surface area contributed by atoms with Crippen LogP contribution in [0, 0.1) is 0 Å². The number of nitrogens with zero attached hydrogens (tertiary/aromatic N) is 1. The summed E-state index contributed by atoms with van der Waals surface area (Å²) >= 11 is 0. The molecule has 1 unspecified atom stereocenters. The number of amides is 1. The molecule has 2 rings (SSSR count). The smallest absolute Gasteiger partial charge is 0.227 e. The summed E-state index contributed by atoms with van der Waals surface area (Å²) < 4.78 is 5.39. The Morgan fingerprint density at radius 2 is 2.10 bits per heavy atom. The first-order valence-corrected chi connectivity index (χ1v) is 6.89. The van der Waals surface area contributed by atoms with Crippen LogP contribution < -0.4 is 10.1 Å². The molecule has 1 heterocycles. The molecule has 5 heteroatoms. The van der Waals surface area contributed by atoms with E-state index in [0.717, 1.165) is 30.8 Å². The Bertz CT molecular complexity index is 416. The highest BCUT2D eigenvalue weighted by molar-refractivity contribution is 5.85. The monoisotopic (exact) mass is 298 g/mol. The number of ether oxygens (including phenoxy) is 1. The van der Waals surface area contributed by atoms with Crippen LogP contribution in [0.15, 0.2) is 24.3 Å². The van der Waals surface area contributed by atoms with Crippen molar-refractivity contribution in [1.82, 2.24) is 10.2 Å². The molecule has 112 valence electrons. The molecule has 1 amide bonds. The first-order chi connectivity index (χ1) is 9.20. The van der Waals surface area contributed by atoms with E-state index < -0.39 is 0 Å². The molecule has 4 nitrogen and oxygen atoms in total. The molecule has 0 aliphatic carbocycles. The first kappa shape index (κ1) is 16.8. The third-order valence-corrected chi connectivity index (χ3v) is 3.57. The van der Waals surface area contributed by atoms with Gasteiger partial charge in [0.1, 0.15) is 5.75 Å². The lowest BCUT2D eigenvalue weighted by molar-refractivity contribution is -0.130. The number of hydrogen-bond acceptors (Lipinski definition) is 3. The van der Waals surface area contributed by atoms with Gasteiger partial charge in [-0.05, 0) is 37.6 Å². The number of benzene rings is 1. The Morgan fingerprint density at radius 3 is 2.65 bits per heavy atom. The third kappa shape index (κ3) is 4.39. The van der Waals surface area contributed by atoms with Gasteiger partial charge in [0.15, 0.2) is 0 Å². The van der Waals surface area contributed by atoms with E-state index in [0.29, 0.717) is 19.1 Å². The molecule has 0 radical (unpaired) electrons. The van der Waals surface area contributed by atoms with E-state index in [1.807, 2.05) is 43.1 Å². The van der Waals surface area contributed by atoms with Gasteiger partial charge in [-0.3, -0.25) is 4.79 Å². The van der Waals surface area contributed by atoms with E-state index in [2.05, 4.69) is 5.32 Å². The lowest BCUT2D eigenvalue weighted by atomic mass is 10.1. The van der Waals surface area contributed by atoms with Gasteiger partial charge in [0.05, 0.1) is 13.0 Å². The zero-order valence-electron chi connectivity index (χ0n) is 12.1. The second-order valence-electron chi connectivity index (χ2n) is 4.91. The Morgan fingerprint density at radius 1 is 1.40 bits per heavy atom. The zero-order valence-corrected chi connectivity index (χ0v) is 12.9. The van der Waals surface area contributed by atoms with Gasteiger partial charge in [0.25, 0.3) is 0 Å². The fourth-order valence-electron chi connectivity index (χ4n) is 2.34. The van der Waals surface area contributed by atoms with Crippen molar-refractivity contribution in [2.75, 3.05) is 26.7 Å². The van der Waals surface area contributed by atoms with Crippen molar-refractivity contribution in [3.8, 4) is 5.75 Å². The van der Waals surface area contributed by atoms with E-state index >= 15 is 0 Å². The van der Waals surface area contributed by atoms with E-state index in [9.17, 15) is 4.79 Å². The lowest BCUT2D eigenvalue weighted by Gasteiger charge is -2.23. The van der Waals surface area contributed by atoms with Crippen LogP contribution in [-0.2, 0) is 11.2 Å². The fraction of sp³-hybridized carbons (Fsp3) is 0.533. The minimum Gasteiger partial charge on any atom is -0.494 e. The number of rotatable bonds is 5. The summed E-state index contributed by atoms with van der Waals surface area (Å²) in [6.45, 7) is 4.54. The van der Waals surface area contributed by atoms with Gasteiger partial charge in [0, 0.05) is 19.6 Å². The van der Waals surface area contributed by atoms with Crippen LogP contribution in [-0.4, -0.2) is 43.6 Å². The highest BCUT2D eigenvalue weighted by Gasteiger charge is 2.22. The molecule has 20 heavy (non-hydrogen) atoms. The third-order valence-electron chi connectivity index (χ3n) is 3.57. The van der Waals surface area contributed by atoms with Gasteiger partial charge in [0.2, 0.25) is 5.91 Å². The highest BCUT2D eigenvalue weighted by atomic mass is 35.5. The molecule has 1 fully saturated rings. The van der Waals surface area contributed by atoms with Crippen LogP contribution in [0.3, 0.4) is 0 Å². The quantitative estimate of drug-likeness (QED) is 0.902. The van der Waals surface area contributed by atoms with E-state index in [4.69, 9.17) is 4.74 Å². The molecular formula is C15H23ClN2O2. The van der Waals surface area contributed by atoms with Gasteiger partial charge in [-0.25, -0.2) is 0 Å². The Balaban J connectivity index is 0.00000200. The van der Waals surface area contributed by atoms with Gasteiger partial charge < -0.3 is 15.0 Å². The van der Waals surface area contributed by atoms with Crippen LogP contribution in [0.1, 0.15) is 18.9 Å². The van der Waals surface area contributed by atoms with Crippen LogP contribution >= 0.6 is 12.4 Å². The van der Waals surface area contributed by atoms with Crippen molar-refractivity contribution < 1.29 is 9.53 Å². The van der Waals surface area contributed by atoms with E-state index in [-0.39, 0.29) is 18.3 Å². The van der Waals surface area contributed by atoms with Crippen LogP contribution in [0.25, 0.3) is 0 Å². The molecule has 1 saturated heterocycles. The molecule has 0 saturated carbocycles. The van der Waals surface area contributed by atoms with Crippen LogP contribution in [0.4, 0.5) is 0 Å². The maximum absolute atomic E-state index is 12.2. The Kier molecular flexibility index (Phi) is 6.82. The van der Waals surface area contributed by atoms with Gasteiger partial charge in [-0.15, -0.1) is 12.4 Å². The summed E-state index contributed by atoms with van der Waals surface area (Å²) in [5.41, 5.74) is 1.03. The highest BCUT2D eigenvalue weighted by Crippen LogP contribution is 2.14. The molecule has 1 atom stereocenters. The molecule has 1 aliphatic heterocycles. The molecule has 1 aromatic rings. The molecule has 0 aromatic heterocycles. The fourth-order valence-corrected chi connectivity index (χ4v) is 2.34. The van der Waals surface area contributed by atoms with Crippen molar-refractivity contribution >= 4 is 18.3 Å². The summed E-state index contributed by atoms with van der Waals surface area (Å²) in [5, 5.41) is 3.28. The summed E-state index contributed by atoms with van der Waals surface area (Å²) in [6, 6.07) is 8.11. The molecule has 1 N–H and O–H groups in total. The SMILES string of the molecule is CCOc1ccc(CC(=O)N(C)C2CCNC2)cc1.Cl. The van der Waals surface area contributed by atoms with E-state index in [1.54, 1.807) is 0 Å². The number of carbonyl (C=O) groups excluding carboxylic acids is 1. The minimum atomic E-state index is 0. The summed E-state index contributed by atoms with van der Waals surface area (Å²) in [6.07, 6.45) is 1.50. The summed E-state index contributed by atoms with van der Waals surface area (Å²) in [4.78, 5) is 14.0. The van der Waals surface area contributed by atoms with Gasteiger partial charge in [-0.1, -0.05) is 12.1 Å². The Labute approximate surface area is 126 Å². The van der Waals surface area contributed by atoms with Crippen molar-refractivity contribution in [2.45, 2.75) is 25.8 Å². The summed E-state index contributed by atoms with van der Waals surface area (Å²) in [7, 11) is 1.90. The molecular weight excluding hydrogens is 276 g/mol. The maximum Gasteiger partial charge on any atom is 0.227 e. The largest absolute Gasteiger partial charge is 0.494 e. The van der Waals surface area contributed by atoms with Gasteiger partial charge in [-0.2, -0.15) is 0 Å². The van der Waals surface area contributed by atoms with Crippen molar-refractivity contribution in [3.05, 3.63) is 29.8 Å². The van der Waals surface area contributed by atoms with Gasteiger partial charge >= 0.3 is 0 Å². The van der Waals surface area contributed by atoms with Crippen molar-refractivity contribution in [1.29, 1.82) is 0 Å². The number of carbonyl (C=O) groups is 1. The zero-order chi connectivity index (χ0) is 13.7. The molecule has 1 aromatic carbocycles. The van der Waals surface area contributed by atoms with Crippen LogP contribution in [0.5, 0.6) is 5.75 Å². The molecule has 0 bridgehead atoms. The number of halogens is 1. The predicted octanol–water partition coefficient (Wildman–Crippen LogP) is 1.87. The second kappa shape index (κ2) is 8.12. The average Bonchev–Trinajstić information content (AvgIpc) is 2.94. The minimum absolute atomic E-state index is 0. The van der Waals surface area contributed by atoms with E-state index in [1.165, 1.54) is 0 Å². The van der Waals surface area contributed by atoms with Crippen LogP contribution in [0.2, 0.25) is 0 Å². The standard InChI is InChI=1S/C15H22N2O2.ClH/c1-3-19-14-6-4-12(5-7-14)10-15(18)17(2)13-8-9-16-11-13;/h4-7,13,16H,3,8-11H2,1-2H3;1H. The first-order valence-electron chi connectivity index (χ1n) is 6.89. The van der Waals surface area contributed by atoms with Crippen molar-refractivity contribution in [2.24, 2.45) is 0 Å². The summed E-state index contributed by atoms with van der Waals surface area (Å²) in [5.74, 6) is 1.03. The topological polar surface area (TPSA) is 41.6 Å². The van der Waals surface area contributed by atoms with Crippen molar-refractivity contribution in [3.63, 3.8) is 0 Å². The number of nitrogens with one attached hydrogen (secondary N) is 1. The average molecular weight is 299 g/mol. The lowest BCUT2D eigenvalue weighted by Crippen LogP contribution is -2.39.